The number of carbonyl (C=O) groups excluding carboxylic acids is 1. The fourth-order valence-corrected chi connectivity index (χ4v) is 2.30. The summed E-state index contributed by atoms with van der Waals surface area (Å²) in [5, 5.41) is 10.2. The normalized spacial score (nSPS) is 10.5. The van der Waals surface area contributed by atoms with E-state index in [0.29, 0.717) is 33.1 Å². The first kappa shape index (κ1) is 16.2. The Hall–Kier alpha value is -2.64. The predicted octanol–water partition coefficient (Wildman–Crippen LogP) is 4.08. The fraction of sp³-hybridized carbons (Fsp3) is 0.0667. The van der Waals surface area contributed by atoms with Gasteiger partial charge in [0.1, 0.15) is 17.3 Å². The maximum atomic E-state index is 12.2. The summed E-state index contributed by atoms with van der Waals surface area (Å²) in [7, 11) is 0. The molecule has 24 heavy (non-hydrogen) atoms. The van der Waals surface area contributed by atoms with Crippen LogP contribution in [0.15, 0.2) is 41.2 Å². The maximum Gasteiger partial charge on any atom is 0.275 e. The monoisotopic (exact) mass is 363 g/mol. The van der Waals surface area contributed by atoms with Crippen LogP contribution in [0.1, 0.15) is 16.2 Å². The van der Waals surface area contributed by atoms with E-state index in [1.807, 2.05) is 0 Å². The Balaban J connectivity index is 1.69. The molecule has 0 fully saturated rings. The number of nitrogens with one attached hydrogen (secondary N) is 2. The molecule has 0 aliphatic heterocycles. The van der Waals surface area contributed by atoms with Crippen molar-refractivity contribution >= 4 is 46.4 Å². The average molecular weight is 364 g/mol. The second kappa shape index (κ2) is 6.86. The van der Waals surface area contributed by atoms with Crippen molar-refractivity contribution in [3.8, 4) is 0 Å². The molecule has 0 spiro atoms. The number of aryl methyl sites for hydroxylation is 1. The van der Waals surface area contributed by atoms with Crippen LogP contribution < -0.4 is 10.6 Å². The van der Waals surface area contributed by atoms with E-state index in [0.717, 1.165) is 0 Å². The van der Waals surface area contributed by atoms with Gasteiger partial charge in [-0.1, -0.05) is 28.4 Å². The van der Waals surface area contributed by atoms with Gasteiger partial charge in [-0.2, -0.15) is 0 Å². The molecular weight excluding hydrogens is 353 g/mol. The first-order chi connectivity index (χ1) is 11.5. The molecule has 0 unspecified atom stereocenters. The van der Waals surface area contributed by atoms with E-state index in [2.05, 4.69) is 25.8 Å². The Kier molecular flexibility index (Phi) is 4.64. The van der Waals surface area contributed by atoms with E-state index in [1.165, 1.54) is 18.5 Å². The Bertz CT molecular complexity index is 880. The summed E-state index contributed by atoms with van der Waals surface area (Å²) in [6.45, 7) is 1.78. The van der Waals surface area contributed by atoms with Crippen molar-refractivity contribution in [1.29, 1.82) is 0 Å². The molecule has 1 aromatic carbocycles. The van der Waals surface area contributed by atoms with E-state index in [-0.39, 0.29) is 5.69 Å². The molecule has 0 bridgehead atoms. The summed E-state index contributed by atoms with van der Waals surface area (Å²) in [5.41, 5.74) is 0.580. The lowest BCUT2D eigenvalue weighted by Crippen LogP contribution is -2.14. The summed E-state index contributed by atoms with van der Waals surface area (Å²) < 4.78 is 4.94. The molecular formula is C15H11Cl2N5O2. The van der Waals surface area contributed by atoms with Gasteiger partial charge in [0.25, 0.3) is 5.91 Å². The maximum absolute atomic E-state index is 12.2. The Morgan fingerprint density at radius 3 is 2.58 bits per heavy atom. The minimum absolute atomic E-state index is 0.142. The number of benzene rings is 1. The number of amides is 1. The smallest absolute Gasteiger partial charge is 0.275 e. The minimum atomic E-state index is -0.435. The number of halogens is 2. The standard InChI is InChI=1S/C15H11Cl2N5O2/c1-8-4-13(22-24-8)21-14-7-18-12(6-19-14)15(23)20-11-3-2-9(16)5-10(11)17/h2-7H,1H3,(H,20,23)(H,19,21,22). The van der Waals surface area contributed by atoms with Crippen molar-refractivity contribution in [2.45, 2.75) is 6.92 Å². The van der Waals surface area contributed by atoms with E-state index < -0.39 is 5.91 Å². The van der Waals surface area contributed by atoms with E-state index >= 15 is 0 Å². The lowest BCUT2D eigenvalue weighted by Gasteiger charge is -2.07. The second-order valence-electron chi connectivity index (χ2n) is 4.81. The number of nitrogens with zero attached hydrogens (tertiary/aromatic N) is 3. The van der Waals surface area contributed by atoms with Gasteiger partial charge >= 0.3 is 0 Å². The van der Waals surface area contributed by atoms with Crippen molar-refractivity contribution in [3.05, 3.63) is 58.2 Å². The van der Waals surface area contributed by atoms with Crippen molar-refractivity contribution in [1.82, 2.24) is 15.1 Å². The lowest BCUT2D eigenvalue weighted by molar-refractivity contribution is 0.102. The zero-order valence-corrected chi connectivity index (χ0v) is 13.9. The Morgan fingerprint density at radius 2 is 1.96 bits per heavy atom. The number of hydrogen-bond donors (Lipinski definition) is 2. The zero-order valence-electron chi connectivity index (χ0n) is 12.4. The molecule has 0 saturated heterocycles. The van der Waals surface area contributed by atoms with Crippen molar-refractivity contribution < 1.29 is 9.32 Å². The molecule has 0 saturated carbocycles. The molecule has 0 aliphatic carbocycles. The number of aromatic nitrogens is 3. The molecule has 0 radical (unpaired) electrons. The van der Waals surface area contributed by atoms with E-state index in [4.69, 9.17) is 27.7 Å². The van der Waals surface area contributed by atoms with Crippen LogP contribution in [0.4, 0.5) is 17.3 Å². The van der Waals surface area contributed by atoms with Crippen LogP contribution in [0.5, 0.6) is 0 Å². The highest BCUT2D eigenvalue weighted by Gasteiger charge is 2.11. The largest absolute Gasteiger partial charge is 0.360 e. The molecule has 2 aromatic heterocycles. The molecule has 3 aromatic rings. The molecule has 7 nitrogen and oxygen atoms in total. The van der Waals surface area contributed by atoms with Crippen LogP contribution in [0.2, 0.25) is 10.0 Å². The quantitative estimate of drug-likeness (QED) is 0.725. The van der Waals surface area contributed by atoms with Gasteiger partial charge in [0.2, 0.25) is 0 Å². The first-order valence-electron chi connectivity index (χ1n) is 6.80. The summed E-state index contributed by atoms with van der Waals surface area (Å²) in [6, 6.07) is 6.49. The van der Waals surface area contributed by atoms with Crippen LogP contribution in [-0.4, -0.2) is 21.0 Å². The highest BCUT2D eigenvalue weighted by atomic mass is 35.5. The molecule has 0 aliphatic rings. The number of anilines is 3. The molecule has 122 valence electrons. The third-order valence-electron chi connectivity index (χ3n) is 2.95. The Morgan fingerprint density at radius 1 is 1.12 bits per heavy atom. The topological polar surface area (TPSA) is 92.9 Å². The van der Waals surface area contributed by atoms with Gasteiger partial charge in [0.05, 0.1) is 23.1 Å². The predicted molar refractivity (Wildman–Crippen MR) is 91.0 cm³/mol. The number of rotatable bonds is 4. The van der Waals surface area contributed by atoms with Crippen LogP contribution in [-0.2, 0) is 0 Å². The van der Waals surface area contributed by atoms with Crippen LogP contribution in [0, 0.1) is 6.92 Å². The van der Waals surface area contributed by atoms with E-state index in [1.54, 1.807) is 25.1 Å². The van der Waals surface area contributed by atoms with E-state index in [9.17, 15) is 4.79 Å². The molecule has 1 amide bonds. The van der Waals surface area contributed by atoms with Gasteiger partial charge < -0.3 is 15.2 Å². The highest BCUT2D eigenvalue weighted by molar-refractivity contribution is 6.36. The van der Waals surface area contributed by atoms with Gasteiger partial charge in [0.15, 0.2) is 5.82 Å². The second-order valence-corrected chi connectivity index (χ2v) is 5.66. The lowest BCUT2D eigenvalue weighted by atomic mass is 10.3. The third kappa shape index (κ3) is 3.81. The van der Waals surface area contributed by atoms with Crippen molar-refractivity contribution in [3.63, 3.8) is 0 Å². The number of hydrogen-bond acceptors (Lipinski definition) is 6. The molecule has 2 N–H and O–H groups in total. The van der Waals surface area contributed by atoms with Gasteiger partial charge in [-0.05, 0) is 25.1 Å². The summed E-state index contributed by atoms with van der Waals surface area (Å²) in [5.74, 6) is 1.17. The average Bonchev–Trinajstić information content (AvgIpc) is 2.96. The van der Waals surface area contributed by atoms with Crippen LogP contribution >= 0.6 is 23.2 Å². The molecule has 9 heteroatoms. The molecule has 3 rings (SSSR count). The van der Waals surface area contributed by atoms with Gasteiger partial charge in [-0.25, -0.2) is 9.97 Å². The molecule has 2 heterocycles. The first-order valence-corrected chi connectivity index (χ1v) is 7.55. The minimum Gasteiger partial charge on any atom is -0.360 e. The van der Waals surface area contributed by atoms with Crippen molar-refractivity contribution in [2.75, 3.05) is 10.6 Å². The van der Waals surface area contributed by atoms with Gasteiger partial charge in [-0.3, -0.25) is 4.79 Å². The Labute approximate surface area is 147 Å². The van der Waals surface area contributed by atoms with Crippen molar-refractivity contribution in [2.24, 2.45) is 0 Å². The SMILES string of the molecule is Cc1cc(Nc2cnc(C(=O)Nc3ccc(Cl)cc3Cl)cn2)no1. The summed E-state index contributed by atoms with van der Waals surface area (Å²) in [4.78, 5) is 20.3. The summed E-state index contributed by atoms with van der Waals surface area (Å²) in [6.07, 6.45) is 2.76. The van der Waals surface area contributed by atoms with Gasteiger partial charge in [0, 0.05) is 11.1 Å². The third-order valence-corrected chi connectivity index (χ3v) is 3.50. The molecule has 0 atom stereocenters. The number of carbonyl (C=O) groups is 1. The zero-order chi connectivity index (χ0) is 17.1. The summed E-state index contributed by atoms with van der Waals surface area (Å²) >= 11 is 11.8. The fourth-order valence-electron chi connectivity index (χ4n) is 1.84. The van der Waals surface area contributed by atoms with Gasteiger partial charge in [-0.15, -0.1) is 0 Å². The van der Waals surface area contributed by atoms with Crippen LogP contribution in [0.3, 0.4) is 0 Å². The highest BCUT2D eigenvalue weighted by Crippen LogP contribution is 2.25. The van der Waals surface area contributed by atoms with Crippen LogP contribution in [0.25, 0.3) is 0 Å².